The summed E-state index contributed by atoms with van der Waals surface area (Å²) < 4.78 is 31.4. The molecule has 0 bridgehead atoms. The van der Waals surface area contributed by atoms with Crippen molar-refractivity contribution >= 4 is 31.5 Å². The van der Waals surface area contributed by atoms with Crippen LogP contribution in [0.1, 0.15) is 11.3 Å². The van der Waals surface area contributed by atoms with Crippen molar-refractivity contribution < 1.29 is 13.2 Å². The molecule has 0 radical (unpaired) electrons. The zero-order valence-corrected chi connectivity index (χ0v) is 16.0. The molecule has 0 spiro atoms. The van der Waals surface area contributed by atoms with Gasteiger partial charge < -0.3 is 4.74 Å². The minimum Gasteiger partial charge on any atom is -0.496 e. The van der Waals surface area contributed by atoms with Crippen LogP contribution in [0, 0.1) is 6.92 Å². The third-order valence-electron chi connectivity index (χ3n) is 4.69. The Morgan fingerprint density at radius 2 is 1.59 bits per heavy atom. The number of pyridine rings is 1. The molecule has 0 unspecified atom stereocenters. The van der Waals surface area contributed by atoms with Crippen LogP contribution in [-0.2, 0) is 15.6 Å². The smallest absolute Gasteiger partial charge is 0.184 e. The lowest BCUT2D eigenvalue weighted by molar-refractivity contribution is 0.420. The van der Waals surface area contributed by atoms with Gasteiger partial charge in [-0.05, 0) is 36.6 Å². The predicted octanol–water partition coefficient (Wildman–Crippen LogP) is 4.68. The Morgan fingerprint density at radius 1 is 0.889 bits per heavy atom. The predicted molar refractivity (Wildman–Crippen MR) is 108 cm³/mol. The number of hydrogen-bond donors (Lipinski definition) is 0. The van der Waals surface area contributed by atoms with Gasteiger partial charge in [-0.15, -0.1) is 0 Å². The largest absolute Gasteiger partial charge is 0.496 e. The maximum absolute atomic E-state index is 13.0. The Hall–Kier alpha value is -2.92. The van der Waals surface area contributed by atoms with Crippen LogP contribution in [-0.4, -0.2) is 20.5 Å². The second-order valence-electron chi connectivity index (χ2n) is 6.53. The van der Waals surface area contributed by atoms with Crippen LogP contribution in [0.2, 0.25) is 0 Å². The number of nitrogens with zero attached hydrogens (tertiary/aromatic N) is 1. The Morgan fingerprint density at radius 3 is 2.30 bits per heavy atom. The first-order chi connectivity index (χ1) is 13.0. The van der Waals surface area contributed by atoms with E-state index in [-0.39, 0.29) is 5.75 Å². The normalized spacial score (nSPS) is 11.8. The number of ether oxygens (including phenoxy) is 1. The van der Waals surface area contributed by atoms with Crippen molar-refractivity contribution in [2.24, 2.45) is 0 Å². The summed E-state index contributed by atoms with van der Waals surface area (Å²) in [5, 5.41) is 2.66. The topological polar surface area (TPSA) is 56.3 Å². The van der Waals surface area contributed by atoms with Crippen LogP contribution in [0.25, 0.3) is 21.7 Å². The molecule has 27 heavy (non-hydrogen) atoms. The average molecular weight is 377 g/mol. The van der Waals surface area contributed by atoms with Crippen LogP contribution in [0.4, 0.5) is 0 Å². The molecule has 0 aliphatic rings. The van der Waals surface area contributed by atoms with Crippen molar-refractivity contribution in [3.8, 4) is 5.75 Å². The van der Waals surface area contributed by atoms with E-state index in [1.54, 1.807) is 19.2 Å². The Kier molecular flexibility index (Phi) is 4.32. The second kappa shape index (κ2) is 6.67. The van der Waals surface area contributed by atoms with Gasteiger partial charge in [-0.2, -0.15) is 0 Å². The molecular formula is C22H19NO3S. The van der Waals surface area contributed by atoms with Gasteiger partial charge in [0, 0.05) is 5.39 Å². The summed E-state index contributed by atoms with van der Waals surface area (Å²) in [4.78, 5) is 4.99. The second-order valence-corrected chi connectivity index (χ2v) is 8.52. The molecule has 0 aliphatic carbocycles. The maximum atomic E-state index is 13.0. The number of benzene rings is 3. The highest BCUT2D eigenvalue weighted by Gasteiger charge is 2.20. The molecule has 0 atom stereocenters. The van der Waals surface area contributed by atoms with Crippen molar-refractivity contribution in [2.75, 3.05) is 7.11 Å². The first-order valence-corrected chi connectivity index (χ1v) is 10.3. The number of sulfone groups is 1. The van der Waals surface area contributed by atoms with Gasteiger partial charge in [-0.1, -0.05) is 48.0 Å². The van der Waals surface area contributed by atoms with Crippen molar-refractivity contribution in [1.29, 1.82) is 0 Å². The van der Waals surface area contributed by atoms with E-state index in [4.69, 9.17) is 4.74 Å². The van der Waals surface area contributed by atoms with Gasteiger partial charge in [0.25, 0.3) is 0 Å². The molecule has 1 heterocycles. The monoisotopic (exact) mass is 377 g/mol. The number of methoxy groups -OCH3 is 1. The zero-order valence-electron chi connectivity index (χ0n) is 15.1. The summed E-state index contributed by atoms with van der Waals surface area (Å²) in [7, 11) is -1.88. The van der Waals surface area contributed by atoms with E-state index in [9.17, 15) is 8.42 Å². The molecule has 4 rings (SSSR count). The summed E-state index contributed by atoms with van der Waals surface area (Å²) in [6.45, 7) is 1.93. The molecular weight excluding hydrogens is 358 g/mol. The summed E-state index contributed by atoms with van der Waals surface area (Å²) >= 11 is 0. The van der Waals surface area contributed by atoms with Gasteiger partial charge in [-0.3, -0.25) is 4.98 Å². The molecule has 0 saturated heterocycles. The van der Waals surface area contributed by atoms with Crippen molar-refractivity contribution in [3.05, 3.63) is 78.0 Å². The number of fused-ring (bicyclic) bond motifs is 3. The Bertz CT molecular complexity index is 1250. The first kappa shape index (κ1) is 17.5. The SMILES string of the molecule is COc1cccc2nc(CS(=O)(=O)c3ccc(C)cc3)c3ccccc3c12. The van der Waals surface area contributed by atoms with E-state index in [1.165, 1.54) is 0 Å². The summed E-state index contributed by atoms with van der Waals surface area (Å²) in [6, 6.07) is 20.3. The minimum absolute atomic E-state index is 0.149. The number of hydrogen-bond acceptors (Lipinski definition) is 4. The third-order valence-corrected chi connectivity index (χ3v) is 6.34. The average Bonchev–Trinajstić information content (AvgIpc) is 2.67. The lowest BCUT2D eigenvalue weighted by Crippen LogP contribution is -2.07. The third kappa shape index (κ3) is 3.15. The molecule has 0 aliphatic heterocycles. The van der Waals surface area contributed by atoms with E-state index in [2.05, 4.69) is 4.98 Å². The fourth-order valence-corrected chi connectivity index (χ4v) is 4.63. The molecule has 0 amide bonds. The molecule has 0 fully saturated rings. The molecule has 4 nitrogen and oxygen atoms in total. The van der Waals surface area contributed by atoms with E-state index in [0.29, 0.717) is 10.6 Å². The van der Waals surface area contributed by atoms with Gasteiger partial charge >= 0.3 is 0 Å². The fraction of sp³-hybridized carbons (Fsp3) is 0.136. The van der Waals surface area contributed by atoms with E-state index in [1.807, 2.05) is 61.5 Å². The van der Waals surface area contributed by atoms with E-state index < -0.39 is 9.84 Å². The van der Waals surface area contributed by atoms with Gasteiger partial charge in [-0.25, -0.2) is 8.42 Å². The van der Waals surface area contributed by atoms with Gasteiger partial charge in [0.1, 0.15) is 5.75 Å². The highest BCUT2D eigenvalue weighted by molar-refractivity contribution is 7.90. The highest BCUT2D eigenvalue weighted by Crippen LogP contribution is 2.34. The van der Waals surface area contributed by atoms with Gasteiger partial charge in [0.2, 0.25) is 0 Å². The summed E-state index contributed by atoms with van der Waals surface area (Å²) in [5.41, 5.74) is 2.30. The minimum atomic E-state index is -3.50. The quantitative estimate of drug-likeness (QED) is 0.485. The highest BCUT2D eigenvalue weighted by atomic mass is 32.2. The van der Waals surface area contributed by atoms with Crippen LogP contribution in [0.3, 0.4) is 0 Å². The van der Waals surface area contributed by atoms with E-state index in [0.717, 1.165) is 33.0 Å². The summed E-state index contributed by atoms with van der Waals surface area (Å²) in [6.07, 6.45) is 0. The molecule has 0 N–H and O–H groups in total. The molecule has 0 saturated carbocycles. The van der Waals surface area contributed by atoms with Crippen LogP contribution < -0.4 is 4.74 Å². The zero-order chi connectivity index (χ0) is 19.0. The number of aryl methyl sites for hydroxylation is 1. The van der Waals surface area contributed by atoms with Crippen LogP contribution in [0.15, 0.2) is 71.6 Å². The Labute approximate surface area is 158 Å². The molecule has 4 aromatic rings. The lowest BCUT2D eigenvalue weighted by atomic mass is 10.0. The number of rotatable bonds is 4. The van der Waals surface area contributed by atoms with Crippen molar-refractivity contribution in [2.45, 2.75) is 17.6 Å². The maximum Gasteiger partial charge on any atom is 0.184 e. The fourth-order valence-electron chi connectivity index (χ4n) is 3.33. The van der Waals surface area contributed by atoms with Gasteiger partial charge in [0.05, 0.1) is 34.4 Å². The van der Waals surface area contributed by atoms with Gasteiger partial charge in [0.15, 0.2) is 9.84 Å². The molecule has 1 aromatic heterocycles. The van der Waals surface area contributed by atoms with Crippen molar-refractivity contribution in [1.82, 2.24) is 4.98 Å². The first-order valence-electron chi connectivity index (χ1n) is 8.63. The number of aromatic nitrogens is 1. The summed E-state index contributed by atoms with van der Waals surface area (Å²) in [5.74, 6) is 0.577. The standard InChI is InChI=1S/C22H19NO3S/c1-15-10-12-16(13-11-15)27(24,25)14-20-17-6-3-4-7-18(17)22-19(23-20)8-5-9-21(22)26-2/h3-13H,14H2,1-2H3. The molecule has 3 aromatic carbocycles. The van der Waals surface area contributed by atoms with Crippen LogP contribution >= 0.6 is 0 Å². The van der Waals surface area contributed by atoms with Crippen LogP contribution in [0.5, 0.6) is 5.75 Å². The molecule has 136 valence electrons. The van der Waals surface area contributed by atoms with Crippen molar-refractivity contribution in [3.63, 3.8) is 0 Å². The lowest BCUT2D eigenvalue weighted by Gasteiger charge is -2.12. The van der Waals surface area contributed by atoms with E-state index >= 15 is 0 Å². The molecule has 5 heteroatoms. The Balaban J connectivity index is 1.92.